The fourth-order valence-electron chi connectivity index (χ4n) is 1.32. The molecule has 1 heterocycles. The summed E-state index contributed by atoms with van der Waals surface area (Å²) in [5.74, 6) is -0.320. The minimum Gasteiger partial charge on any atom is -0.385 e. The number of carbonyl (C=O) groups excluding carboxylic acids is 1. The number of amides is 1. The standard InChI is InChI=1S/C10H16N4O4/c1-18-8-2-5-11-10(15)4-7-13-6-3-9(12-13)14(16)17/h3,6H,2,4-5,7-8H2,1H3,(H,11,15). The number of nitrogens with one attached hydrogen (secondary N) is 1. The predicted molar refractivity (Wildman–Crippen MR) is 63.0 cm³/mol. The van der Waals surface area contributed by atoms with Crippen LogP contribution in [0.25, 0.3) is 0 Å². The number of aromatic nitrogens is 2. The van der Waals surface area contributed by atoms with Crippen molar-refractivity contribution in [1.82, 2.24) is 15.1 Å². The summed E-state index contributed by atoms with van der Waals surface area (Å²) in [6.45, 7) is 1.49. The van der Waals surface area contributed by atoms with Crippen molar-refractivity contribution >= 4 is 11.7 Å². The van der Waals surface area contributed by atoms with E-state index in [1.165, 1.54) is 16.9 Å². The highest BCUT2D eigenvalue weighted by molar-refractivity contribution is 5.75. The van der Waals surface area contributed by atoms with Gasteiger partial charge in [-0.15, -0.1) is 0 Å². The lowest BCUT2D eigenvalue weighted by Crippen LogP contribution is -2.26. The fourth-order valence-corrected chi connectivity index (χ4v) is 1.32. The van der Waals surface area contributed by atoms with Crippen LogP contribution >= 0.6 is 0 Å². The van der Waals surface area contributed by atoms with Crippen molar-refractivity contribution in [2.24, 2.45) is 0 Å². The van der Waals surface area contributed by atoms with E-state index in [0.29, 0.717) is 19.7 Å². The summed E-state index contributed by atoms with van der Waals surface area (Å²) in [7, 11) is 1.60. The smallest absolute Gasteiger partial charge is 0.385 e. The van der Waals surface area contributed by atoms with Gasteiger partial charge in [-0.2, -0.15) is 4.68 Å². The first-order valence-electron chi connectivity index (χ1n) is 5.57. The van der Waals surface area contributed by atoms with Crippen LogP contribution in [0.1, 0.15) is 12.8 Å². The number of carbonyl (C=O) groups is 1. The van der Waals surface area contributed by atoms with Crippen LogP contribution in [-0.2, 0) is 16.1 Å². The van der Waals surface area contributed by atoms with Gasteiger partial charge in [-0.25, -0.2) is 0 Å². The van der Waals surface area contributed by atoms with Gasteiger partial charge >= 0.3 is 5.82 Å². The Bertz CT molecular complexity index is 404. The number of rotatable bonds is 8. The first-order valence-corrected chi connectivity index (χ1v) is 5.57. The van der Waals surface area contributed by atoms with Crippen molar-refractivity contribution in [3.63, 3.8) is 0 Å². The van der Waals surface area contributed by atoms with E-state index >= 15 is 0 Å². The lowest BCUT2D eigenvalue weighted by Gasteiger charge is -2.03. The average Bonchev–Trinajstić information content (AvgIpc) is 2.81. The minimum atomic E-state index is -0.568. The number of methoxy groups -OCH3 is 1. The largest absolute Gasteiger partial charge is 0.389 e. The number of nitro groups is 1. The molecule has 100 valence electrons. The van der Waals surface area contributed by atoms with Crippen LogP contribution in [0.15, 0.2) is 12.3 Å². The number of hydrogen-bond acceptors (Lipinski definition) is 5. The van der Waals surface area contributed by atoms with Gasteiger partial charge in [-0.3, -0.25) is 4.79 Å². The normalized spacial score (nSPS) is 10.3. The van der Waals surface area contributed by atoms with E-state index in [2.05, 4.69) is 10.4 Å². The molecule has 18 heavy (non-hydrogen) atoms. The molecule has 1 rings (SSSR count). The molecular weight excluding hydrogens is 240 g/mol. The Balaban J connectivity index is 2.23. The van der Waals surface area contributed by atoms with Crippen LogP contribution < -0.4 is 5.32 Å². The van der Waals surface area contributed by atoms with Gasteiger partial charge in [0, 0.05) is 26.7 Å². The average molecular weight is 256 g/mol. The van der Waals surface area contributed by atoms with Gasteiger partial charge in [-0.1, -0.05) is 0 Å². The van der Waals surface area contributed by atoms with Crippen LogP contribution in [0.2, 0.25) is 0 Å². The first kappa shape index (κ1) is 14.1. The molecule has 0 radical (unpaired) electrons. The van der Waals surface area contributed by atoms with E-state index in [0.717, 1.165) is 6.42 Å². The molecule has 0 spiro atoms. The third-order valence-electron chi connectivity index (χ3n) is 2.23. The highest BCUT2D eigenvalue weighted by Crippen LogP contribution is 2.05. The molecule has 0 aliphatic rings. The molecule has 0 atom stereocenters. The maximum Gasteiger partial charge on any atom is 0.389 e. The van der Waals surface area contributed by atoms with E-state index in [1.807, 2.05) is 0 Å². The Morgan fingerprint density at radius 1 is 1.67 bits per heavy atom. The molecular formula is C10H16N4O4. The topological polar surface area (TPSA) is 99.3 Å². The number of hydrogen-bond donors (Lipinski definition) is 1. The van der Waals surface area contributed by atoms with Gasteiger partial charge in [0.25, 0.3) is 0 Å². The summed E-state index contributed by atoms with van der Waals surface area (Å²) >= 11 is 0. The zero-order valence-electron chi connectivity index (χ0n) is 10.2. The second-order valence-electron chi connectivity index (χ2n) is 3.64. The van der Waals surface area contributed by atoms with Crippen LogP contribution in [0.5, 0.6) is 0 Å². The summed E-state index contributed by atoms with van der Waals surface area (Å²) in [6.07, 6.45) is 2.48. The molecule has 0 saturated carbocycles. The molecule has 0 bridgehead atoms. The summed E-state index contributed by atoms with van der Waals surface area (Å²) in [5.41, 5.74) is 0. The third-order valence-corrected chi connectivity index (χ3v) is 2.23. The highest BCUT2D eigenvalue weighted by atomic mass is 16.6. The summed E-state index contributed by atoms with van der Waals surface area (Å²) < 4.78 is 6.23. The molecule has 0 fully saturated rings. The van der Waals surface area contributed by atoms with Gasteiger partial charge < -0.3 is 20.2 Å². The summed E-state index contributed by atoms with van der Waals surface area (Å²) in [4.78, 5) is 21.2. The van der Waals surface area contributed by atoms with Gasteiger partial charge in [-0.05, 0) is 11.3 Å². The van der Waals surface area contributed by atoms with Crippen molar-refractivity contribution in [3.05, 3.63) is 22.4 Å². The second-order valence-corrected chi connectivity index (χ2v) is 3.64. The Labute approximate surface area is 104 Å². The van der Waals surface area contributed by atoms with E-state index in [9.17, 15) is 14.9 Å². The van der Waals surface area contributed by atoms with E-state index in [1.54, 1.807) is 7.11 Å². The summed E-state index contributed by atoms with van der Waals surface area (Å²) in [6, 6.07) is 1.30. The summed E-state index contributed by atoms with van der Waals surface area (Å²) in [5, 5.41) is 16.8. The van der Waals surface area contributed by atoms with E-state index in [4.69, 9.17) is 4.74 Å². The second kappa shape index (κ2) is 7.38. The SMILES string of the molecule is COCCCNC(=O)CCn1ccc([N+](=O)[O-])n1. The van der Waals surface area contributed by atoms with Crippen LogP contribution in [0.4, 0.5) is 5.82 Å². The van der Waals surface area contributed by atoms with Crippen molar-refractivity contribution < 1.29 is 14.5 Å². The van der Waals surface area contributed by atoms with Gasteiger partial charge in [0.05, 0.1) is 23.9 Å². The third kappa shape index (κ3) is 4.91. The predicted octanol–water partition coefficient (Wildman–Crippen LogP) is 0.334. The molecule has 0 aromatic carbocycles. The lowest BCUT2D eigenvalue weighted by atomic mass is 10.3. The number of nitrogens with zero attached hydrogens (tertiary/aromatic N) is 3. The van der Waals surface area contributed by atoms with E-state index in [-0.39, 0.29) is 18.1 Å². The van der Waals surface area contributed by atoms with Gasteiger partial charge in [0.2, 0.25) is 5.91 Å². The Morgan fingerprint density at radius 2 is 2.44 bits per heavy atom. The Morgan fingerprint density at radius 3 is 3.06 bits per heavy atom. The molecule has 1 amide bonds. The minimum absolute atomic E-state index is 0.107. The number of ether oxygens (including phenoxy) is 1. The molecule has 0 aliphatic carbocycles. The van der Waals surface area contributed by atoms with Crippen molar-refractivity contribution in [1.29, 1.82) is 0 Å². The molecule has 1 N–H and O–H groups in total. The van der Waals surface area contributed by atoms with Crippen molar-refractivity contribution in [2.75, 3.05) is 20.3 Å². The van der Waals surface area contributed by atoms with Crippen molar-refractivity contribution in [3.8, 4) is 0 Å². The quantitative estimate of drug-likeness (QED) is 0.410. The molecule has 0 saturated heterocycles. The molecule has 1 aromatic rings. The molecule has 0 unspecified atom stereocenters. The first-order chi connectivity index (χ1) is 8.63. The van der Waals surface area contributed by atoms with Crippen LogP contribution in [0.3, 0.4) is 0 Å². The molecule has 1 aromatic heterocycles. The Kier molecular flexibility index (Phi) is 5.78. The molecule has 8 heteroatoms. The Hall–Kier alpha value is -1.96. The highest BCUT2D eigenvalue weighted by Gasteiger charge is 2.11. The van der Waals surface area contributed by atoms with E-state index < -0.39 is 4.92 Å². The van der Waals surface area contributed by atoms with Gasteiger partial charge in [0.15, 0.2) is 0 Å². The van der Waals surface area contributed by atoms with Gasteiger partial charge in [0.1, 0.15) is 0 Å². The van der Waals surface area contributed by atoms with Crippen LogP contribution in [-0.4, -0.2) is 40.9 Å². The molecule has 8 nitrogen and oxygen atoms in total. The van der Waals surface area contributed by atoms with Crippen molar-refractivity contribution in [2.45, 2.75) is 19.4 Å². The maximum atomic E-state index is 11.4. The monoisotopic (exact) mass is 256 g/mol. The number of aryl methyl sites for hydroxylation is 1. The zero-order chi connectivity index (χ0) is 13.4. The maximum absolute atomic E-state index is 11.4. The lowest BCUT2D eigenvalue weighted by molar-refractivity contribution is -0.389. The van der Waals surface area contributed by atoms with Crippen LogP contribution in [0, 0.1) is 10.1 Å². The molecule has 0 aliphatic heterocycles. The fraction of sp³-hybridized carbons (Fsp3) is 0.600. The zero-order valence-corrected chi connectivity index (χ0v) is 10.2.